The molecule has 6 heteroatoms. The summed E-state index contributed by atoms with van der Waals surface area (Å²) in [6.07, 6.45) is 0.674. The Morgan fingerprint density at radius 3 is 2.82 bits per heavy atom. The maximum Gasteiger partial charge on any atom is 0.358 e. The number of rotatable bonds is 6. The zero-order valence-electron chi connectivity index (χ0n) is 12.1. The lowest BCUT2D eigenvalue weighted by Crippen LogP contribution is -2.35. The Kier molecular flexibility index (Phi) is 5.43. The van der Waals surface area contributed by atoms with Crippen molar-refractivity contribution in [2.24, 2.45) is 0 Å². The molecule has 0 aliphatic carbocycles. The van der Waals surface area contributed by atoms with Gasteiger partial charge in [0, 0.05) is 17.5 Å². The standard InChI is InChI=1S/C16H16N2O3S/c1-3-9-17-14(19)11(2)21-16(20)13-10-22-15(18-13)12-7-5-4-6-8-12/h3-8,10-11H,1,9H2,2H3,(H,17,19). The number of esters is 1. The van der Waals surface area contributed by atoms with Crippen LogP contribution in [0.1, 0.15) is 17.4 Å². The predicted octanol–water partition coefficient (Wildman–Crippen LogP) is 2.66. The lowest BCUT2D eigenvalue weighted by atomic mass is 10.2. The van der Waals surface area contributed by atoms with Crippen molar-refractivity contribution in [2.75, 3.05) is 6.54 Å². The number of carbonyl (C=O) groups excluding carboxylic acids is 2. The van der Waals surface area contributed by atoms with Gasteiger partial charge >= 0.3 is 5.97 Å². The number of benzene rings is 1. The molecule has 0 radical (unpaired) electrons. The van der Waals surface area contributed by atoms with E-state index in [1.165, 1.54) is 18.3 Å². The van der Waals surface area contributed by atoms with Crippen molar-refractivity contribution in [1.29, 1.82) is 0 Å². The third-order valence-electron chi connectivity index (χ3n) is 2.81. The zero-order valence-corrected chi connectivity index (χ0v) is 12.9. The fraction of sp³-hybridized carbons (Fsp3) is 0.188. The van der Waals surface area contributed by atoms with Crippen LogP contribution in [0.3, 0.4) is 0 Å². The molecule has 2 aromatic rings. The van der Waals surface area contributed by atoms with Gasteiger partial charge in [-0.1, -0.05) is 36.4 Å². The van der Waals surface area contributed by atoms with E-state index in [4.69, 9.17) is 4.74 Å². The molecule has 1 amide bonds. The van der Waals surface area contributed by atoms with Crippen molar-refractivity contribution in [3.05, 3.63) is 54.1 Å². The Labute approximate surface area is 132 Å². The van der Waals surface area contributed by atoms with E-state index in [2.05, 4.69) is 16.9 Å². The van der Waals surface area contributed by atoms with Crippen LogP contribution in [0.5, 0.6) is 0 Å². The van der Waals surface area contributed by atoms with Gasteiger partial charge in [0.25, 0.3) is 5.91 Å². The summed E-state index contributed by atoms with van der Waals surface area (Å²) in [6, 6.07) is 9.55. The molecule has 0 aliphatic rings. The molecular weight excluding hydrogens is 300 g/mol. The molecule has 1 aromatic carbocycles. The maximum absolute atomic E-state index is 12.0. The van der Waals surface area contributed by atoms with E-state index in [0.29, 0.717) is 6.54 Å². The Morgan fingerprint density at radius 1 is 1.41 bits per heavy atom. The molecule has 0 saturated carbocycles. The first kappa shape index (κ1) is 15.9. The smallest absolute Gasteiger partial charge is 0.358 e. The second-order valence-corrected chi connectivity index (χ2v) is 5.34. The molecular formula is C16H16N2O3S. The minimum atomic E-state index is -0.880. The SMILES string of the molecule is C=CCNC(=O)C(C)OC(=O)c1csc(-c2ccccc2)n1. The minimum absolute atomic E-state index is 0.201. The average Bonchev–Trinajstić information content (AvgIpc) is 3.03. The number of thiazole rings is 1. The summed E-state index contributed by atoms with van der Waals surface area (Å²) in [5.41, 5.74) is 1.13. The van der Waals surface area contributed by atoms with Gasteiger partial charge in [-0.3, -0.25) is 4.79 Å². The third kappa shape index (κ3) is 4.02. The molecule has 1 unspecified atom stereocenters. The van der Waals surface area contributed by atoms with Crippen LogP contribution in [0.15, 0.2) is 48.4 Å². The van der Waals surface area contributed by atoms with Gasteiger partial charge in [0.1, 0.15) is 5.01 Å². The van der Waals surface area contributed by atoms with Crippen LogP contribution in [0.2, 0.25) is 0 Å². The summed E-state index contributed by atoms with van der Waals surface area (Å²) < 4.78 is 5.10. The van der Waals surface area contributed by atoms with Crippen molar-refractivity contribution in [1.82, 2.24) is 10.3 Å². The fourth-order valence-corrected chi connectivity index (χ4v) is 2.47. The first-order valence-corrected chi connectivity index (χ1v) is 7.60. The predicted molar refractivity (Wildman–Crippen MR) is 85.6 cm³/mol. The molecule has 0 fully saturated rings. The molecule has 0 aliphatic heterocycles. The van der Waals surface area contributed by atoms with Crippen molar-refractivity contribution in [2.45, 2.75) is 13.0 Å². The monoisotopic (exact) mass is 316 g/mol. The lowest BCUT2D eigenvalue weighted by molar-refractivity contribution is -0.128. The second kappa shape index (κ2) is 7.51. The molecule has 2 rings (SSSR count). The number of ether oxygens (including phenoxy) is 1. The maximum atomic E-state index is 12.0. The molecule has 0 saturated heterocycles. The molecule has 0 bridgehead atoms. The minimum Gasteiger partial charge on any atom is -0.448 e. The number of nitrogens with zero attached hydrogens (tertiary/aromatic N) is 1. The summed E-state index contributed by atoms with van der Waals surface area (Å²) in [6.45, 7) is 5.34. The van der Waals surface area contributed by atoms with E-state index >= 15 is 0 Å². The summed E-state index contributed by atoms with van der Waals surface area (Å²) in [4.78, 5) is 27.9. The van der Waals surface area contributed by atoms with E-state index in [-0.39, 0.29) is 11.6 Å². The van der Waals surface area contributed by atoms with E-state index in [9.17, 15) is 9.59 Å². The van der Waals surface area contributed by atoms with Gasteiger partial charge in [0.05, 0.1) is 0 Å². The summed E-state index contributed by atoms with van der Waals surface area (Å²) in [7, 11) is 0. The second-order valence-electron chi connectivity index (χ2n) is 4.49. The first-order chi connectivity index (χ1) is 10.6. The highest BCUT2D eigenvalue weighted by Crippen LogP contribution is 2.23. The molecule has 1 atom stereocenters. The summed E-state index contributed by atoms with van der Waals surface area (Å²) in [5.74, 6) is -0.980. The Hall–Kier alpha value is -2.47. The number of aromatic nitrogens is 1. The molecule has 1 aromatic heterocycles. The molecule has 22 heavy (non-hydrogen) atoms. The molecule has 0 spiro atoms. The molecule has 114 valence electrons. The van der Waals surface area contributed by atoms with Crippen LogP contribution in [-0.2, 0) is 9.53 Å². The van der Waals surface area contributed by atoms with E-state index in [1.807, 2.05) is 30.3 Å². The van der Waals surface area contributed by atoms with Crippen LogP contribution in [0.25, 0.3) is 10.6 Å². The van der Waals surface area contributed by atoms with Crippen molar-refractivity contribution in [3.63, 3.8) is 0 Å². The van der Waals surface area contributed by atoms with Crippen LogP contribution >= 0.6 is 11.3 Å². The topological polar surface area (TPSA) is 68.3 Å². The zero-order chi connectivity index (χ0) is 15.9. The Morgan fingerprint density at radius 2 is 2.14 bits per heavy atom. The van der Waals surface area contributed by atoms with Gasteiger partial charge in [-0.15, -0.1) is 17.9 Å². The van der Waals surface area contributed by atoms with Crippen molar-refractivity contribution in [3.8, 4) is 10.6 Å². The van der Waals surface area contributed by atoms with Gasteiger partial charge in [-0.25, -0.2) is 9.78 Å². The highest BCUT2D eigenvalue weighted by molar-refractivity contribution is 7.13. The summed E-state index contributed by atoms with van der Waals surface area (Å²) >= 11 is 1.35. The first-order valence-electron chi connectivity index (χ1n) is 6.72. The van der Waals surface area contributed by atoms with Gasteiger partial charge < -0.3 is 10.1 Å². The van der Waals surface area contributed by atoms with E-state index < -0.39 is 12.1 Å². The largest absolute Gasteiger partial charge is 0.448 e. The third-order valence-corrected chi connectivity index (χ3v) is 3.70. The number of nitrogens with one attached hydrogen (secondary N) is 1. The van der Waals surface area contributed by atoms with Crippen LogP contribution in [-0.4, -0.2) is 29.5 Å². The van der Waals surface area contributed by atoms with Gasteiger partial charge in [0.15, 0.2) is 11.8 Å². The number of carbonyl (C=O) groups is 2. The Balaban J connectivity index is 2.00. The van der Waals surface area contributed by atoms with Gasteiger partial charge in [0.2, 0.25) is 0 Å². The highest BCUT2D eigenvalue weighted by Gasteiger charge is 2.20. The van der Waals surface area contributed by atoms with E-state index in [1.54, 1.807) is 11.5 Å². The average molecular weight is 316 g/mol. The van der Waals surface area contributed by atoms with E-state index in [0.717, 1.165) is 10.6 Å². The Bertz CT molecular complexity index is 667. The van der Waals surface area contributed by atoms with Gasteiger partial charge in [-0.2, -0.15) is 0 Å². The quantitative estimate of drug-likeness (QED) is 0.657. The van der Waals surface area contributed by atoms with Crippen molar-refractivity contribution < 1.29 is 14.3 Å². The normalized spacial score (nSPS) is 11.5. The van der Waals surface area contributed by atoms with Crippen LogP contribution in [0, 0.1) is 0 Å². The number of amides is 1. The highest BCUT2D eigenvalue weighted by atomic mass is 32.1. The van der Waals surface area contributed by atoms with Gasteiger partial charge in [-0.05, 0) is 6.92 Å². The van der Waals surface area contributed by atoms with Crippen LogP contribution < -0.4 is 5.32 Å². The van der Waals surface area contributed by atoms with Crippen LogP contribution in [0.4, 0.5) is 0 Å². The van der Waals surface area contributed by atoms with Crippen molar-refractivity contribution >= 4 is 23.2 Å². The summed E-state index contributed by atoms with van der Waals surface area (Å²) in [5, 5.41) is 4.92. The molecule has 1 N–H and O–H groups in total. The lowest BCUT2D eigenvalue weighted by Gasteiger charge is -2.11. The number of hydrogen-bond acceptors (Lipinski definition) is 5. The molecule has 5 nitrogen and oxygen atoms in total. The molecule has 1 heterocycles. The number of hydrogen-bond donors (Lipinski definition) is 1. The fourth-order valence-electron chi connectivity index (χ4n) is 1.67.